The Morgan fingerprint density at radius 2 is 2.00 bits per heavy atom. The third kappa shape index (κ3) is 6.05. The largest absolute Gasteiger partial charge is 0.481 e. The van der Waals surface area contributed by atoms with Crippen LogP contribution in [0.1, 0.15) is 47.0 Å². The minimum Gasteiger partial charge on any atom is -0.481 e. The predicted octanol–water partition coefficient (Wildman–Crippen LogP) is 0.725. The van der Waals surface area contributed by atoms with Crippen molar-refractivity contribution in [1.82, 2.24) is 5.23 Å². The smallest absolute Gasteiger partial charge is 0.322 e. The summed E-state index contributed by atoms with van der Waals surface area (Å²) in [5.74, 6) is -1.73. The first-order valence-corrected chi connectivity index (χ1v) is 6.36. The number of rotatable bonds is 8. The van der Waals surface area contributed by atoms with Crippen molar-refractivity contribution in [3.05, 3.63) is 0 Å². The van der Waals surface area contributed by atoms with Gasteiger partial charge in [-0.15, -0.1) is 0 Å². The maximum absolute atomic E-state index is 11.9. The number of carbonyl (C=O) groups excluding carboxylic acids is 1. The van der Waals surface area contributed by atoms with Gasteiger partial charge >= 0.3 is 11.9 Å². The lowest BCUT2D eigenvalue weighted by Crippen LogP contribution is -2.42. The summed E-state index contributed by atoms with van der Waals surface area (Å²) in [5.41, 5.74) is -0.766. The number of ether oxygens (including phenoxy) is 1. The molecule has 0 saturated heterocycles. The molecular formula is C12H24BNO4. The minimum atomic E-state index is -0.877. The second-order valence-corrected chi connectivity index (χ2v) is 5.25. The lowest BCUT2D eigenvalue weighted by molar-refractivity contribution is -0.162. The Hall–Kier alpha value is -1.04. The molecule has 0 rings (SSSR count). The Balaban J connectivity index is 4.46. The summed E-state index contributed by atoms with van der Waals surface area (Å²) in [7, 11) is 1.72. The molecule has 2 unspecified atom stereocenters. The molecule has 0 aliphatic heterocycles. The number of aliphatic carboxylic acids is 1. The van der Waals surface area contributed by atoms with Gasteiger partial charge in [0.25, 0.3) is 0 Å². The summed E-state index contributed by atoms with van der Waals surface area (Å²) < 4.78 is 5.40. The molecule has 0 fully saturated rings. The highest BCUT2D eigenvalue weighted by Crippen LogP contribution is 2.21. The Morgan fingerprint density at radius 3 is 2.39 bits per heavy atom. The van der Waals surface area contributed by atoms with Crippen molar-refractivity contribution in [3.63, 3.8) is 0 Å². The minimum absolute atomic E-state index is 0.302. The number of nitrogens with one attached hydrogen (secondary N) is 1. The molecule has 2 N–H and O–H groups in total. The van der Waals surface area contributed by atoms with Crippen LogP contribution in [0.25, 0.3) is 0 Å². The first-order chi connectivity index (χ1) is 8.23. The van der Waals surface area contributed by atoms with Crippen molar-refractivity contribution in [1.29, 1.82) is 0 Å². The van der Waals surface area contributed by atoms with E-state index in [1.165, 1.54) is 0 Å². The fourth-order valence-electron chi connectivity index (χ4n) is 1.88. The quantitative estimate of drug-likeness (QED) is 0.495. The van der Waals surface area contributed by atoms with Gasteiger partial charge in [0, 0.05) is 0 Å². The monoisotopic (exact) mass is 257 g/mol. The van der Waals surface area contributed by atoms with E-state index in [1.54, 1.807) is 28.8 Å². The number of carboxylic acid groups (broad SMARTS) is 1. The molecule has 0 aliphatic rings. The summed E-state index contributed by atoms with van der Waals surface area (Å²) >= 11 is 0. The fraction of sp³-hybridized carbons (Fsp3) is 0.833. The zero-order valence-corrected chi connectivity index (χ0v) is 11.9. The zero-order chi connectivity index (χ0) is 14.3. The first-order valence-electron chi connectivity index (χ1n) is 6.36. The highest BCUT2D eigenvalue weighted by Gasteiger charge is 2.30. The Bertz CT molecular complexity index is 294. The van der Waals surface area contributed by atoms with E-state index in [9.17, 15) is 9.59 Å². The molecule has 6 heteroatoms. The van der Waals surface area contributed by atoms with Crippen LogP contribution >= 0.6 is 0 Å². The molecule has 0 heterocycles. The number of carbonyl (C=O) groups is 2. The van der Waals surface area contributed by atoms with Crippen molar-refractivity contribution < 1.29 is 19.4 Å². The molecule has 0 aromatic carbocycles. The number of hydrogen-bond donors (Lipinski definition) is 2. The van der Waals surface area contributed by atoms with Crippen LogP contribution in [0.2, 0.25) is 0 Å². The summed E-state index contributed by atoms with van der Waals surface area (Å²) in [4.78, 5) is 22.7. The van der Waals surface area contributed by atoms with E-state index < -0.39 is 17.5 Å². The molecule has 2 atom stereocenters. The molecule has 0 aromatic rings. The van der Waals surface area contributed by atoms with E-state index in [0.29, 0.717) is 12.8 Å². The van der Waals surface area contributed by atoms with Gasteiger partial charge in [0.1, 0.15) is 5.60 Å². The van der Waals surface area contributed by atoms with E-state index in [0.717, 1.165) is 6.42 Å². The first kappa shape index (κ1) is 17.0. The Labute approximate surface area is 110 Å². The lowest BCUT2D eigenvalue weighted by Gasteiger charge is -2.29. The van der Waals surface area contributed by atoms with Crippen LogP contribution in [0, 0.1) is 5.92 Å². The van der Waals surface area contributed by atoms with Gasteiger partial charge in [-0.1, -0.05) is 20.3 Å². The van der Waals surface area contributed by atoms with Gasteiger partial charge in [-0.2, -0.15) is 0 Å². The summed E-state index contributed by atoms with van der Waals surface area (Å²) in [6.07, 6.45) is 1.89. The average molecular weight is 257 g/mol. The van der Waals surface area contributed by atoms with Crippen LogP contribution in [0.15, 0.2) is 0 Å². The van der Waals surface area contributed by atoms with Crippen molar-refractivity contribution in [3.8, 4) is 0 Å². The van der Waals surface area contributed by atoms with Gasteiger partial charge in [0.15, 0.2) is 7.98 Å². The summed E-state index contributed by atoms with van der Waals surface area (Å²) in [5, 5.41) is 11.8. The third-order valence-corrected chi connectivity index (χ3v) is 2.81. The predicted molar refractivity (Wildman–Crippen MR) is 72.0 cm³/mol. The maximum atomic E-state index is 11.9. The SMILES string of the molecule is BNC(CCC)C(=O)OC(C)(C)CC(C)C(=O)O. The van der Waals surface area contributed by atoms with Crippen molar-refractivity contribution in [2.24, 2.45) is 5.92 Å². The molecule has 18 heavy (non-hydrogen) atoms. The Kier molecular flexibility index (Phi) is 6.98. The van der Waals surface area contributed by atoms with Crippen LogP contribution in [0.4, 0.5) is 0 Å². The highest BCUT2D eigenvalue weighted by atomic mass is 16.6. The topological polar surface area (TPSA) is 75.6 Å². The molecule has 0 saturated carbocycles. The van der Waals surface area contributed by atoms with Crippen LogP contribution < -0.4 is 5.23 Å². The Morgan fingerprint density at radius 1 is 1.44 bits per heavy atom. The number of carboxylic acids is 1. The van der Waals surface area contributed by atoms with Gasteiger partial charge in [-0.05, 0) is 26.7 Å². The van der Waals surface area contributed by atoms with E-state index in [2.05, 4.69) is 5.23 Å². The average Bonchev–Trinajstić information content (AvgIpc) is 2.23. The molecule has 0 radical (unpaired) electrons. The van der Waals surface area contributed by atoms with E-state index in [-0.39, 0.29) is 12.0 Å². The van der Waals surface area contributed by atoms with Gasteiger partial charge < -0.3 is 15.1 Å². The molecule has 0 amide bonds. The normalized spacial score (nSPS) is 14.9. The summed E-state index contributed by atoms with van der Waals surface area (Å²) in [6, 6.07) is -0.325. The fourth-order valence-corrected chi connectivity index (χ4v) is 1.88. The van der Waals surface area contributed by atoms with Crippen LogP contribution in [-0.4, -0.2) is 36.7 Å². The van der Waals surface area contributed by atoms with Crippen molar-refractivity contribution >= 4 is 19.9 Å². The summed E-state index contributed by atoms with van der Waals surface area (Å²) in [6.45, 7) is 7.08. The van der Waals surface area contributed by atoms with Gasteiger partial charge in [-0.3, -0.25) is 9.59 Å². The van der Waals surface area contributed by atoms with Gasteiger partial charge in [0.2, 0.25) is 0 Å². The second-order valence-electron chi connectivity index (χ2n) is 5.25. The molecule has 0 aliphatic carbocycles. The highest BCUT2D eigenvalue weighted by molar-refractivity contribution is 6.06. The van der Waals surface area contributed by atoms with Crippen LogP contribution in [0.5, 0.6) is 0 Å². The van der Waals surface area contributed by atoms with Gasteiger partial charge in [0.05, 0.1) is 12.0 Å². The number of hydrogen-bond acceptors (Lipinski definition) is 4. The van der Waals surface area contributed by atoms with Crippen molar-refractivity contribution in [2.45, 2.75) is 58.6 Å². The molecular weight excluding hydrogens is 233 g/mol. The molecule has 0 bridgehead atoms. The van der Waals surface area contributed by atoms with E-state index in [1.807, 2.05) is 6.92 Å². The third-order valence-electron chi connectivity index (χ3n) is 2.81. The second kappa shape index (κ2) is 7.41. The number of esters is 1. The molecule has 0 aromatic heterocycles. The zero-order valence-electron chi connectivity index (χ0n) is 11.9. The standard InChI is InChI=1S/C12H24BNO4/c1-5-6-9(14-13)11(17)18-12(3,4)7-8(2)10(15)16/h8-9,14H,5-7,13H2,1-4H3,(H,15,16). The van der Waals surface area contributed by atoms with Crippen LogP contribution in [0.3, 0.4) is 0 Å². The molecule has 104 valence electrons. The van der Waals surface area contributed by atoms with Gasteiger partial charge in [-0.25, -0.2) is 0 Å². The molecule has 5 nitrogen and oxygen atoms in total. The lowest BCUT2D eigenvalue weighted by atomic mass is 9.94. The van der Waals surface area contributed by atoms with Crippen molar-refractivity contribution in [2.75, 3.05) is 0 Å². The maximum Gasteiger partial charge on any atom is 0.322 e. The molecule has 0 spiro atoms. The van der Waals surface area contributed by atoms with E-state index >= 15 is 0 Å². The van der Waals surface area contributed by atoms with E-state index in [4.69, 9.17) is 9.84 Å². The van der Waals surface area contributed by atoms with Crippen LogP contribution in [-0.2, 0) is 14.3 Å².